The summed E-state index contributed by atoms with van der Waals surface area (Å²) < 4.78 is 0. The molecule has 0 aliphatic carbocycles. The van der Waals surface area contributed by atoms with E-state index in [4.69, 9.17) is 5.73 Å². The van der Waals surface area contributed by atoms with Crippen LogP contribution in [0.3, 0.4) is 0 Å². The number of nitrogens with two attached hydrogens (primary N) is 1. The summed E-state index contributed by atoms with van der Waals surface area (Å²) in [6.45, 7) is 3.44. The Balaban J connectivity index is 0.00000261. The highest BCUT2D eigenvalue weighted by atomic mass is 127. The minimum Gasteiger partial charge on any atom is -0.370 e. The Bertz CT molecular complexity index is 772. The van der Waals surface area contributed by atoms with Crippen molar-refractivity contribution in [1.29, 1.82) is 0 Å². The highest BCUT2D eigenvalue weighted by Gasteiger charge is 2.19. The zero-order valence-corrected chi connectivity index (χ0v) is 18.0. The van der Waals surface area contributed by atoms with Crippen LogP contribution in [0, 0.1) is 0 Å². The minimum absolute atomic E-state index is 0. The molecule has 1 aliphatic heterocycles. The van der Waals surface area contributed by atoms with E-state index in [1.807, 2.05) is 41.3 Å². The van der Waals surface area contributed by atoms with Gasteiger partial charge in [-0.1, -0.05) is 31.2 Å². The number of hydrogen-bond donors (Lipinski definition) is 2. The first-order valence-corrected chi connectivity index (χ1v) is 9.21. The molecule has 0 bridgehead atoms. The lowest BCUT2D eigenvalue weighted by molar-refractivity contribution is -0.119. The standard InChI is InChI=1S/C21H26N4O.HI/c1-2-16-6-10-18(11-7-16)24-21(22)23-15-17-8-12-19(13-9-17)25-14-4-3-5-20(25)26;/h6-13H,2-5,14-15H2,1H3,(H3,22,23,24);1H. The molecule has 0 radical (unpaired) electrons. The van der Waals surface area contributed by atoms with Crippen molar-refractivity contribution in [2.24, 2.45) is 10.7 Å². The third kappa shape index (κ3) is 5.95. The Kier molecular flexibility index (Phi) is 8.09. The molecule has 2 aromatic rings. The molecule has 1 heterocycles. The molecule has 3 rings (SSSR count). The van der Waals surface area contributed by atoms with Crippen LogP contribution in [0.1, 0.15) is 37.3 Å². The van der Waals surface area contributed by atoms with E-state index in [2.05, 4.69) is 29.4 Å². The highest BCUT2D eigenvalue weighted by molar-refractivity contribution is 14.0. The topological polar surface area (TPSA) is 70.7 Å². The molecule has 1 aliphatic rings. The number of piperidine rings is 1. The van der Waals surface area contributed by atoms with Crippen molar-refractivity contribution in [2.75, 3.05) is 16.8 Å². The van der Waals surface area contributed by atoms with Gasteiger partial charge in [-0.15, -0.1) is 24.0 Å². The molecular formula is C21H27IN4O. The number of aryl methyl sites for hydroxylation is 1. The molecule has 0 atom stereocenters. The smallest absolute Gasteiger partial charge is 0.226 e. The van der Waals surface area contributed by atoms with E-state index in [9.17, 15) is 4.79 Å². The van der Waals surface area contributed by atoms with Gasteiger partial charge in [0.1, 0.15) is 0 Å². The molecule has 0 spiro atoms. The maximum Gasteiger partial charge on any atom is 0.226 e. The lowest BCUT2D eigenvalue weighted by atomic mass is 10.1. The van der Waals surface area contributed by atoms with Gasteiger partial charge in [0, 0.05) is 24.3 Å². The molecule has 0 aromatic heterocycles. The summed E-state index contributed by atoms with van der Waals surface area (Å²) >= 11 is 0. The van der Waals surface area contributed by atoms with Gasteiger partial charge in [0.15, 0.2) is 5.96 Å². The number of amides is 1. The molecule has 0 unspecified atom stereocenters. The van der Waals surface area contributed by atoms with Crippen molar-refractivity contribution < 1.29 is 4.79 Å². The van der Waals surface area contributed by atoms with E-state index in [-0.39, 0.29) is 29.9 Å². The third-order valence-electron chi connectivity index (χ3n) is 4.64. The first-order valence-electron chi connectivity index (χ1n) is 9.21. The monoisotopic (exact) mass is 478 g/mol. The number of anilines is 2. The van der Waals surface area contributed by atoms with Gasteiger partial charge in [0.2, 0.25) is 5.91 Å². The Morgan fingerprint density at radius 2 is 1.74 bits per heavy atom. The van der Waals surface area contributed by atoms with Crippen LogP contribution in [0.2, 0.25) is 0 Å². The lowest BCUT2D eigenvalue weighted by Crippen LogP contribution is -2.35. The van der Waals surface area contributed by atoms with Crippen LogP contribution in [0.5, 0.6) is 0 Å². The van der Waals surface area contributed by atoms with Gasteiger partial charge in [0.05, 0.1) is 6.54 Å². The molecule has 3 N–H and O–H groups in total. The zero-order chi connectivity index (χ0) is 18.4. The van der Waals surface area contributed by atoms with Crippen LogP contribution in [0.4, 0.5) is 11.4 Å². The fourth-order valence-corrected chi connectivity index (χ4v) is 3.05. The number of nitrogens with one attached hydrogen (secondary N) is 1. The number of aliphatic imine (C=N–C) groups is 1. The largest absolute Gasteiger partial charge is 0.370 e. The summed E-state index contributed by atoms with van der Waals surface area (Å²) in [5.74, 6) is 0.606. The Morgan fingerprint density at radius 3 is 2.37 bits per heavy atom. The van der Waals surface area contributed by atoms with Crippen LogP contribution in [0.25, 0.3) is 0 Å². The predicted octanol–water partition coefficient (Wildman–Crippen LogP) is 4.31. The summed E-state index contributed by atoms with van der Waals surface area (Å²) in [7, 11) is 0. The van der Waals surface area contributed by atoms with Crippen molar-refractivity contribution in [3.8, 4) is 0 Å². The van der Waals surface area contributed by atoms with E-state index in [1.54, 1.807) is 0 Å². The van der Waals surface area contributed by atoms with Crippen molar-refractivity contribution in [3.63, 3.8) is 0 Å². The fraction of sp³-hybridized carbons (Fsp3) is 0.333. The summed E-state index contributed by atoms with van der Waals surface area (Å²) in [6, 6.07) is 16.2. The summed E-state index contributed by atoms with van der Waals surface area (Å²) in [5, 5.41) is 3.11. The third-order valence-corrected chi connectivity index (χ3v) is 4.64. The summed E-state index contributed by atoms with van der Waals surface area (Å²) in [5.41, 5.74) is 10.2. The first kappa shape index (κ1) is 21.2. The molecular weight excluding hydrogens is 451 g/mol. The van der Waals surface area contributed by atoms with Crippen LogP contribution < -0.4 is 16.0 Å². The minimum atomic E-state index is 0. The number of nitrogens with zero attached hydrogens (tertiary/aromatic N) is 2. The predicted molar refractivity (Wildman–Crippen MR) is 123 cm³/mol. The van der Waals surface area contributed by atoms with Gasteiger partial charge >= 0.3 is 0 Å². The Morgan fingerprint density at radius 1 is 1.07 bits per heavy atom. The summed E-state index contributed by atoms with van der Waals surface area (Å²) in [4.78, 5) is 18.2. The second-order valence-electron chi connectivity index (χ2n) is 6.55. The second-order valence-corrected chi connectivity index (χ2v) is 6.55. The van der Waals surface area contributed by atoms with E-state index in [0.29, 0.717) is 18.9 Å². The Labute approximate surface area is 178 Å². The second kappa shape index (κ2) is 10.3. The molecule has 1 amide bonds. The average molecular weight is 478 g/mol. The molecule has 0 saturated carbocycles. The number of guanidine groups is 1. The molecule has 6 heteroatoms. The maximum absolute atomic E-state index is 12.0. The summed E-state index contributed by atoms with van der Waals surface area (Å²) in [6.07, 6.45) is 3.73. The number of carbonyl (C=O) groups excluding carboxylic acids is 1. The number of carbonyl (C=O) groups is 1. The van der Waals surface area contributed by atoms with E-state index in [1.165, 1.54) is 5.56 Å². The fourth-order valence-electron chi connectivity index (χ4n) is 3.05. The van der Waals surface area contributed by atoms with E-state index < -0.39 is 0 Å². The quantitative estimate of drug-likeness (QED) is 0.382. The van der Waals surface area contributed by atoms with Crippen LogP contribution in [-0.4, -0.2) is 18.4 Å². The Hall–Kier alpha value is -2.09. The van der Waals surface area contributed by atoms with Gasteiger partial charge in [-0.25, -0.2) is 4.99 Å². The molecule has 27 heavy (non-hydrogen) atoms. The molecule has 1 fully saturated rings. The van der Waals surface area contributed by atoms with Gasteiger partial charge in [-0.3, -0.25) is 4.79 Å². The van der Waals surface area contributed by atoms with Crippen molar-refractivity contribution in [1.82, 2.24) is 0 Å². The van der Waals surface area contributed by atoms with Crippen LogP contribution in [0.15, 0.2) is 53.5 Å². The number of rotatable bonds is 5. The zero-order valence-electron chi connectivity index (χ0n) is 15.6. The van der Waals surface area contributed by atoms with Gasteiger partial charge in [-0.05, 0) is 54.7 Å². The van der Waals surface area contributed by atoms with Crippen molar-refractivity contribution in [3.05, 3.63) is 59.7 Å². The maximum atomic E-state index is 12.0. The van der Waals surface area contributed by atoms with Gasteiger partial charge in [-0.2, -0.15) is 0 Å². The normalized spacial score (nSPS) is 14.6. The van der Waals surface area contributed by atoms with E-state index in [0.717, 1.165) is 42.7 Å². The molecule has 2 aromatic carbocycles. The van der Waals surface area contributed by atoms with Crippen LogP contribution in [-0.2, 0) is 17.8 Å². The van der Waals surface area contributed by atoms with Crippen molar-refractivity contribution in [2.45, 2.75) is 39.2 Å². The molecule has 5 nitrogen and oxygen atoms in total. The van der Waals surface area contributed by atoms with Gasteiger partial charge < -0.3 is 16.0 Å². The lowest BCUT2D eigenvalue weighted by Gasteiger charge is -2.26. The van der Waals surface area contributed by atoms with Crippen LogP contribution >= 0.6 is 24.0 Å². The molecule has 144 valence electrons. The van der Waals surface area contributed by atoms with E-state index >= 15 is 0 Å². The number of benzene rings is 2. The number of halogens is 1. The van der Waals surface area contributed by atoms with Gasteiger partial charge in [0.25, 0.3) is 0 Å². The average Bonchev–Trinajstić information content (AvgIpc) is 2.68. The SMILES string of the molecule is CCc1ccc(NC(N)=NCc2ccc(N3CCCCC3=O)cc2)cc1.I. The molecule has 1 saturated heterocycles. The number of hydrogen-bond acceptors (Lipinski definition) is 2. The highest BCUT2D eigenvalue weighted by Crippen LogP contribution is 2.21. The van der Waals surface area contributed by atoms with Crippen molar-refractivity contribution >= 4 is 47.2 Å². The first-order chi connectivity index (χ1) is 12.7.